The van der Waals surface area contributed by atoms with Crippen LogP contribution in [0.25, 0.3) is 0 Å². The van der Waals surface area contributed by atoms with E-state index in [0.717, 1.165) is 12.8 Å². The van der Waals surface area contributed by atoms with Crippen molar-refractivity contribution in [1.29, 1.82) is 0 Å². The molecular formula is C27H41NO9. The Morgan fingerprint density at radius 1 is 0.838 bits per heavy atom. The highest BCUT2D eigenvalue weighted by atomic mass is 16.7. The number of carbonyl (C=O) groups excluding carboxylic acids is 4. The summed E-state index contributed by atoms with van der Waals surface area (Å²) in [6.45, 7) is 10.8. The van der Waals surface area contributed by atoms with Gasteiger partial charge in [0.2, 0.25) is 0 Å². The van der Waals surface area contributed by atoms with Gasteiger partial charge in [-0.25, -0.2) is 4.79 Å². The first-order valence-corrected chi connectivity index (χ1v) is 12.8. The van der Waals surface area contributed by atoms with Crippen LogP contribution in [-0.4, -0.2) is 49.4 Å². The fourth-order valence-corrected chi connectivity index (χ4v) is 2.77. The van der Waals surface area contributed by atoms with Gasteiger partial charge in [-0.3, -0.25) is 14.4 Å². The maximum Gasteiger partial charge on any atom is 0.508 e. The first-order chi connectivity index (χ1) is 17.5. The summed E-state index contributed by atoms with van der Waals surface area (Å²) in [6.07, 6.45) is 1.32. The molecule has 2 unspecified atom stereocenters. The van der Waals surface area contributed by atoms with E-state index in [2.05, 4.69) is 0 Å². The molecule has 10 nitrogen and oxygen atoms in total. The van der Waals surface area contributed by atoms with Gasteiger partial charge >= 0.3 is 24.1 Å². The van der Waals surface area contributed by atoms with Crippen LogP contribution in [0, 0.1) is 11.8 Å². The van der Waals surface area contributed by atoms with Crippen molar-refractivity contribution in [2.24, 2.45) is 17.6 Å². The lowest BCUT2D eigenvalue weighted by molar-refractivity contribution is -0.148. The summed E-state index contributed by atoms with van der Waals surface area (Å²) in [7, 11) is 0. The third-order valence-electron chi connectivity index (χ3n) is 5.69. The summed E-state index contributed by atoms with van der Waals surface area (Å²) in [5.74, 6) is -2.10. The molecule has 0 bridgehead atoms. The molecule has 37 heavy (non-hydrogen) atoms. The average Bonchev–Trinajstić information content (AvgIpc) is 2.87. The van der Waals surface area contributed by atoms with Crippen molar-refractivity contribution < 1.29 is 42.9 Å². The number of esters is 3. The van der Waals surface area contributed by atoms with Crippen molar-refractivity contribution >= 4 is 24.1 Å². The van der Waals surface area contributed by atoms with Crippen molar-refractivity contribution in [3.63, 3.8) is 0 Å². The minimum atomic E-state index is -1.03. The zero-order chi connectivity index (χ0) is 28.0. The summed E-state index contributed by atoms with van der Waals surface area (Å²) in [6, 6.07) is 3.62. The summed E-state index contributed by atoms with van der Waals surface area (Å²) < 4.78 is 26.1. The van der Waals surface area contributed by atoms with Crippen LogP contribution in [0.2, 0.25) is 0 Å². The molecule has 0 amide bonds. The second-order valence-corrected chi connectivity index (χ2v) is 9.06. The standard InChI is InChI=1S/C27H41NO9/c1-7-10-13-33-27(32)35-19(6)16-34-26(31)21(28)14-20-11-12-22(36-24(29)17(4)8-2)23(15-20)37-25(30)18(5)9-3/h11-12,15,17-19,21H,7-10,13-14,16,28H2,1-6H3/t17?,18?,19-,21-/m0/s1. The van der Waals surface area contributed by atoms with Crippen LogP contribution in [0.5, 0.6) is 11.5 Å². The zero-order valence-corrected chi connectivity index (χ0v) is 22.7. The van der Waals surface area contributed by atoms with Gasteiger partial charge in [-0.15, -0.1) is 0 Å². The average molecular weight is 524 g/mol. The molecule has 0 radical (unpaired) electrons. The number of ether oxygens (including phenoxy) is 5. The zero-order valence-electron chi connectivity index (χ0n) is 22.7. The Labute approximate surface area is 219 Å². The number of rotatable bonds is 15. The molecule has 0 aromatic heterocycles. The summed E-state index contributed by atoms with van der Waals surface area (Å²) in [5, 5.41) is 0. The summed E-state index contributed by atoms with van der Waals surface area (Å²) in [5.41, 5.74) is 6.59. The highest BCUT2D eigenvalue weighted by Gasteiger charge is 2.23. The second-order valence-electron chi connectivity index (χ2n) is 9.06. The second kappa shape index (κ2) is 16.6. The maximum atomic E-state index is 12.4. The highest BCUT2D eigenvalue weighted by Crippen LogP contribution is 2.31. The molecule has 0 fully saturated rings. The Morgan fingerprint density at radius 2 is 1.43 bits per heavy atom. The Kier molecular flexibility index (Phi) is 14.3. The molecule has 0 aliphatic carbocycles. The van der Waals surface area contributed by atoms with Crippen LogP contribution < -0.4 is 15.2 Å². The van der Waals surface area contributed by atoms with Crippen molar-refractivity contribution in [2.45, 2.75) is 85.8 Å². The van der Waals surface area contributed by atoms with Gasteiger partial charge in [-0.1, -0.05) is 47.1 Å². The van der Waals surface area contributed by atoms with Gasteiger partial charge in [-0.2, -0.15) is 0 Å². The van der Waals surface area contributed by atoms with Crippen molar-refractivity contribution in [3.05, 3.63) is 23.8 Å². The van der Waals surface area contributed by atoms with Crippen LogP contribution in [0.4, 0.5) is 4.79 Å². The molecule has 208 valence electrons. The van der Waals surface area contributed by atoms with Gasteiger partial charge < -0.3 is 29.4 Å². The van der Waals surface area contributed by atoms with Gasteiger partial charge in [0.1, 0.15) is 18.8 Å². The van der Waals surface area contributed by atoms with E-state index in [1.165, 1.54) is 12.1 Å². The molecule has 1 aromatic rings. The number of hydrogen-bond acceptors (Lipinski definition) is 10. The number of nitrogens with two attached hydrogens (primary N) is 1. The van der Waals surface area contributed by atoms with E-state index in [1.807, 2.05) is 20.8 Å². The first kappa shape index (κ1) is 31.9. The maximum absolute atomic E-state index is 12.4. The molecule has 0 spiro atoms. The molecule has 0 aliphatic heterocycles. The first-order valence-electron chi connectivity index (χ1n) is 12.8. The van der Waals surface area contributed by atoms with Crippen LogP contribution in [0.15, 0.2) is 18.2 Å². The lowest BCUT2D eigenvalue weighted by Gasteiger charge is -2.17. The largest absolute Gasteiger partial charge is 0.508 e. The normalized spacial score (nSPS) is 14.0. The highest BCUT2D eigenvalue weighted by molar-refractivity contribution is 5.79. The van der Waals surface area contributed by atoms with Crippen LogP contribution in [-0.2, 0) is 35.0 Å². The lowest BCUT2D eigenvalue weighted by atomic mass is 10.1. The van der Waals surface area contributed by atoms with E-state index in [4.69, 9.17) is 29.4 Å². The predicted molar refractivity (Wildman–Crippen MR) is 136 cm³/mol. The summed E-state index contributed by atoms with van der Waals surface area (Å²) in [4.78, 5) is 48.7. The monoisotopic (exact) mass is 523 g/mol. The number of hydrogen-bond donors (Lipinski definition) is 1. The quantitative estimate of drug-likeness (QED) is 0.200. The van der Waals surface area contributed by atoms with E-state index in [9.17, 15) is 19.2 Å². The van der Waals surface area contributed by atoms with Gasteiger partial charge in [0, 0.05) is 0 Å². The smallest absolute Gasteiger partial charge is 0.461 e. The number of unbranched alkanes of at least 4 members (excludes halogenated alkanes) is 1. The molecule has 1 aromatic carbocycles. The van der Waals surface area contributed by atoms with E-state index in [0.29, 0.717) is 18.4 Å². The van der Waals surface area contributed by atoms with E-state index in [-0.39, 0.29) is 43.0 Å². The molecule has 1 rings (SSSR count). The van der Waals surface area contributed by atoms with Gasteiger partial charge in [-0.05, 0) is 50.3 Å². The minimum absolute atomic E-state index is 0.0700. The third kappa shape index (κ3) is 11.6. The fraction of sp³-hybridized carbons (Fsp3) is 0.630. The van der Waals surface area contributed by atoms with E-state index in [1.54, 1.807) is 26.8 Å². The Morgan fingerprint density at radius 3 is 2.00 bits per heavy atom. The van der Waals surface area contributed by atoms with Gasteiger partial charge in [0.05, 0.1) is 18.4 Å². The fourth-order valence-electron chi connectivity index (χ4n) is 2.77. The Hall–Kier alpha value is -3.14. The third-order valence-corrected chi connectivity index (χ3v) is 5.69. The van der Waals surface area contributed by atoms with Crippen LogP contribution in [0.1, 0.15) is 72.8 Å². The minimum Gasteiger partial charge on any atom is -0.461 e. The predicted octanol–water partition coefficient (Wildman–Crippen LogP) is 4.34. The topological polar surface area (TPSA) is 140 Å². The van der Waals surface area contributed by atoms with Gasteiger partial charge in [0.25, 0.3) is 0 Å². The number of carbonyl (C=O) groups is 4. The lowest BCUT2D eigenvalue weighted by Crippen LogP contribution is -2.36. The van der Waals surface area contributed by atoms with Gasteiger partial charge in [0.15, 0.2) is 11.5 Å². The van der Waals surface area contributed by atoms with E-state index < -0.39 is 36.2 Å². The molecule has 0 aliphatic rings. The van der Waals surface area contributed by atoms with Crippen molar-refractivity contribution in [2.75, 3.05) is 13.2 Å². The molecule has 0 heterocycles. The Bertz CT molecular complexity index is 902. The Balaban J connectivity index is 2.82. The molecule has 10 heteroatoms. The molecule has 2 N–H and O–H groups in total. The molecule has 0 saturated carbocycles. The summed E-state index contributed by atoms with van der Waals surface area (Å²) >= 11 is 0. The molecule has 0 saturated heterocycles. The van der Waals surface area contributed by atoms with Crippen LogP contribution >= 0.6 is 0 Å². The van der Waals surface area contributed by atoms with Crippen molar-refractivity contribution in [3.8, 4) is 11.5 Å². The van der Waals surface area contributed by atoms with E-state index >= 15 is 0 Å². The van der Waals surface area contributed by atoms with Crippen molar-refractivity contribution in [1.82, 2.24) is 0 Å². The SMILES string of the molecule is CCCCOC(=O)O[C@@H](C)COC(=O)[C@@H](N)Cc1ccc(OC(=O)C(C)CC)c(OC(=O)C(C)CC)c1. The van der Waals surface area contributed by atoms with Crippen LogP contribution in [0.3, 0.4) is 0 Å². The molecular weight excluding hydrogens is 482 g/mol. The number of benzene rings is 1. The molecule has 4 atom stereocenters.